The number of amides is 1. The van der Waals surface area contributed by atoms with Gasteiger partial charge in [0.1, 0.15) is 11.6 Å². The van der Waals surface area contributed by atoms with Crippen LogP contribution in [0.15, 0.2) is 34.9 Å². The second-order valence-corrected chi connectivity index (χ2v) is 6.58. The normalized spacial score (nSPS) is 14.6. The van der Waals surface area contributed by atoms with Crippen molar-refractivity contribution in [3.05, 3.63) is 41.3 Å². The number of anilines is 2. The minimum absolute atomic E-state index is 0.113. The van der Waals surface area contributed by atoms with E-state index in [0.29, 0.717) is 65.4 Å². The first-order chi connectivity index (χ1) is 13.1. The highest BCUT2D eigenvalue weighted by atomic mass is 35.5. The molecule has 1 aliphatic heterocycles. The minimum atomic E-state index is -0.113. The van der Waals surface area contributed by atoms with Gasteiger partial charge in [0.25, 0.3) is 5.91 Å². The second kappa shape index (κ2) is 6.96. The standard InChI is InChI=1S/C18H18ClN5O3/c1-26-15-10-13-11(9-12(15)19)16(20)22-18(21-13)24-6-4-23(5-7-24)17(25)14-3-2-8-27-14/h2-3,8-10H,4-7H2,1H3,(H2,20,21,22). The zero-order chi connectivity index (χ0) is 19.0. The van der Waals surface area contributed by atoms with E-state index in [0.717, 1.165) is 0 Å². The van der Waals surface area contributed by atoms with E-state index in [2.05, 4.69) is 9.97 Å². The summed E-state index contributed by atoms with van der Waals surface area (Å²) < 4.78 is 10.4. The molecule has 140 valence electrons. The van der Waals surface area contributed by atoms with Gasteiger partial charge < -0.3 is 24.7 Å². The third-order valence-electron chi connectivity index (χ3n) is 4.57. The summed E-state index contributed by atoms with van der Waals surface area (Å²) in [6.07, 6.45) is 1.50. The molecule has 0 unspecified atom stereocenters. The Kier molecular flexibility index (Phi) is 4.49. The largest absolute Gasteiger partial charge is 0.495 e. The second-order valence-electron chi connectivity index (χ2n) is 6.17. The maximum Gasteiger partial charge on any atom is 0.289 e. The first kappa shape index (κ1) is 17.4. The van der Waals surface area contributed by atoms with Crippen LogP contribution in [0.5, 0.6) is 5.75 Å². The van der Waals surface area contributed by atoms with Gasteiger partial charge in [-0.1, -0.05) is 11.6 Å². The van der Waals surface area contributed by atoms with E-state index in [4.69, 9.17) is 26.5 Å². The minimum Gasteiger partial charge on any atom is -0.495 e. The van der Waals surface area contributed by atoms with Crippen LogP contribution in [0.2, 0.25) is 5.02 Å². The van der Waals surface area contributed by atoms with Gasteiger partial charge in [-0.15, -0.1) is 0 Å². The molecule has 4 rings (SSSR count). The lowest BCUT2D eigenvalue weighted by Gasteiger charge is -2.34. The maximum absolute atomic E-state index is 12.4. The number of hydrogen-bond donors (Lipinski definition) is 1. The first-order valence-electron chi connectivity index (χ1n) is 8.45. The predicted molar refractivity (Wildman–Crippen MR) is 102 cm³/mol. The van der Waals surface area contributed by atoms with E-state index in [1.807, 2.05) is 4.90 Å². The molecule has 0 spiro atoms. The Hall–Kier alpha value is -3.00. The molecule has 1 aromatic carbocycles. The van der Waals surface area contributed by atoms with Gasteiger partial charge in [0.15, 0.2) is 5.76 Å². The summed E-state index contributed by atoms with van der Waals surface area (Å²) in [4.78, 5) is 25.1. The summed E-state index contributed by atoms with van der Waals surface area (Å²) in [5, 5.41) is 1.13. The highest BCUT2D eigenvalue weighted by Crippen LogP contribution is 2.32. The van der Waals surface area contributed by atoms with Gasteiger partial charge in [0.05, 0.1) is 23.9 Å². The van der Waals surface area contributed by atoms with Gasteiger partial charge in [-0.25, -0.2) is 4.98 Å². The average Bonchev–Trinajstić information content (AvgIpc) is 3.22. The molecule has 0 bridgehead atoms. The van der Waals surface area contributed by atoms with Gasteiger partial charge in [-0.3, -0.25) is 4.79 Å². The fraction of sp³-hybridized carbons (Fsp3) is 0.278. The van der Waals surface area contributed by atoms with Crippen molar-refractivity contribution >= 4 is 40.2 Å². The van der Waals surface area contributed by atoms with E-state index < -0.39 is 0 Å². The van der Waals surface area contributed by atoms with E-state index in [1.54, 1.807) is 36.3 Å². The molecule has 0 aliphatic carbocycles. The summed E-state index contributed by atoms with van der Waals surface area (Å²) in [5.41, 5.74) is 6.77. The molecular formula is C18H18ClN5O3. The van der Waals surface area contributed by atoms with Crippen molar-refractivity contribution < 1.29 is 13.9 Å². The number of nitrogens with zero attached hydrogens (tertiary/aromatic N) is 4. The molecule has 0 saturated carbocycles. The topological polar surface area (TPSA) is 97.7 Å². The maximum atomic E-state index is 12.4. The summed E-state index contributed by atoms with van der Waals surface area (Å²) in [6.45, 7) is 2.29. The van der Waals surface area contributed by atoms with Crippen molar-refractivity contribution in [1.82, 2.24) is 14.9 Å². The first-order valence-corrected chi connectivity index (χ1v) is 8.83. The number of halogens is 1. The van der Waals surface area contributed by atoms with Crippen LogP contribution in [-0.2, 0) is 0 Å². The fourth-order valence-corrected chi connectivity index (χ4v) is 3.35. The summed E-state index contributed by atoms with van der Waals surface area (Å²) in [5.74, 6) is 1.64. The number of furan rings is 1. The third kappa shape index (κ3) is 3.23. The molecule has 2 aromatic heterocycles. The lowest BCUT2D eigenvalue weighted by atomic mass is 10.2. The van der Waals surface area contributed by atoms with Crippen LogP contribution in [-0.4, -0.2) is 54.1 Å². The zero-order valence-corrected chi connectivity index (χ0v) is 15.4. The van der Waals surface area contributed by atoms with Crippen LogP contribution in [0.4, 0.5) is 11.8 Å². The van der Waals surface area contributed by atoms with Crippen molar-refractivity contribution in [2.75, 3.05) is 43.9 Å². The number of nitrogen functional groups attached to an aromatic ring is 1. The Bertz CT molecular complexity index is 984. The predicted octanol–water partition coefficient (Wildman–Crippen LogP) is 2.43. The van der Waals surface area contributed by atoms with Crippen molar-refractivity contribution in [2.45, 2.75) is 0 Å². The molecule has 0 radical (unpaired) electrons. The number of aromatic nitrogens is 2. The smallest absolute Gasteiger partial charge is 0.289 e. The monoisotopic (exact) mass is 387 g/mol. The molecule has 2 N–H and O–H groups in total. The molecule has 1 aliphatic rings. The molecule has 0 atom stereocenters. The number of hydrogen-bond acceptors (Lipinski definition) is 7. The Balaban J connectivity index is 1.55. The van der Waals surface area contributed by atoms with Gasteiger partial charge in [-0.2, -0.15) is 4.98 Å². The van der Waals surface area contributed by atoms with Crippen LogP contribution < -0.4 is 15.4 Å². The highest BCUT2D eigenvalue weighted by Gasteiger charge is 2.25. The summed E-state index contributed by atoms with van der Waals surface area (Å²) in [7, 11) is 1.55. The number of carbonyl (C=O) groups excluding carboxylic acids is 1. The van der Waals surface area contributed by atoms with Gasteiger partial charge >= 0.3 is 0 Å². The number of rotatable bonds is 3. The molecule has 9 heteroatoms. The van der Waals surface area contributed by atoms with Crippen LogP contribution in [0, 0.1) is 0 Å². The number of ether oxygens (including phenoxy) is 1. The fourth-order valence-electron chi connectivity index (χ4n) is 3.10. The molecule has 1 saturated heterocycles. The average molecular weight is 388 g/mol. The van der Waals surface area contributed by atoms with E-state index >= 15 is 0 Å². The van der Waals surface area contributed by atoms with Crippen LogP contribution in [0.3, 0.4) is 0 Å². The zero-order valence-electron chi connectivity index (χ0n) is 14.7. The van der Waals surface area contributed by atoms with Crippen LogP contribution >= 0.6 is 11.6 Å². The molecule has 3 heterocycles. The molecular weight excluding hydrogens is 370 g/mol. The Morgan fingerprint density at radius 3 is 2.70 bits per heavy atom. The third-order valence-corrected chi connectivity index (χ3v) is 4.86. The van der Waals surface area contributed by atoms with Gasteiger partial charge in [0, 0.05) is 37.6 Å². The number of fused-ring (bicyclic) bond motifs is 1. The van der Waals surface area contributed by atoms with Gasteiger partial charge in [-0.05, 0) is 18.2 Å². The Morgan fingerprint density at radius 2 is 2.04 bits per heavy atom. The molecule has 1 amide bonds. The molecule has 8 nitrogen and oxygen atoms in total. The lowest BCUT2D eigenvalue weighted by Crippen LogP contribution is -2.49. The van der Waals surface area contributed by atoms with Crippen LogP contribution in [0.25, 0.3) is 10.9 Å². The van der Waals surface area contributed by atoms with E-state index in [1.165, 1.54) is 6.26 Å². The number of nitrogens with two attached hydrogens (primary N) is 1. The van der Waals surface area contributed by atoms with Gasteiger partial charge in [0.2, 0.25) is 5.95 Å². The van der Waals surface area contributed by atoms with E-state index in [9.17, 15) is 4.79 Å². The number of benzene rings is 1. The number of piperazine rings is 1. The SMILES string of the molecule is COc1cc2nc(N3CCN(C(=O)c4ccco4)CC3)nc(N)c2cc1Cl. The van der Waals surface area contributed by atoms with Crippen molar-refractivity contribution in [2.24, 2.45) is 0 Å². The van der Waals surface area contributed by atoms with Crippen molar-refractivity contribution in [3.63, 3.8) is 0 Å². The quantitative estimate of drug-likeness (QED) is 0.736. The van der Waals surface area contributed by atoms with E-state index in [-0.39, 0.29) is 5.91 Å². The lowest BCUT2D eigenvalue weighted by molar-refractivity contribution is 0.0714. The highest BCUT2D eigenvalue weighted by molar-refractivity contribution is 6.33. The number of methoxy groups -OCH3 is 1. The Morgan fingerprint density at radius 1 is 1.26 bits per heavy atom. The molecule has 27 heavy (non-hydrogen) atoms. The summed E-state index contributed by atoms with van der Waals surface area (Å²) in [6, 6.07) is 6.82. The van der Waals surface area contributed by atoms with Crippen LogP contribution in [0.1, 0.15) is 10.6 Å². The molecule has 3 aromatic rings. The van der Waals surface area contributed by atoms with Crippen molar-refractivity contribution in [1.29, 1.82) is 0 Å². The summed E-state index contributed by atoms with van der Waals surface area (Å²) >= 11 is 6.16. The van der Waals surface area contributed by atoms with Crippen molar-refractivity contribution in [3.8, 4) is 5.75 Å². The Labute approximate surface area is 160 Å². The number of carbonyl (C=O) groups is 1. The molecule has 1 fully saturated rings.